The highest BCUT2D eigenvalue weighted by atomic mass is 16.4. The van der Waals surface area contributed by atoms with E-state index in [1.165, 1.54) is 51.4 Å². The van der Waals surface area contributed by atoms with Crippen molar-refractivity contribution in [3.8, 4) is 0 Å². The molecule has 1 N–H and O–H groups in total. The van der Waals surface area contributed by atoms with Crippen LogP contribution in [0.5, 0.6) is 0 Å². The summed E-state index contributed by atoms with van der Waals surface area (Å²) in [6, 6.07) is 0. The number of carbonyl (C=O) groups is 1. The van der Waals surface area contributed by atoms with E-state index in [0.29, 0.717) is 6.42 Å². The SMILES string of the molecule is CCCCCCC1CC1CCC=CCCCC(=O)O. The third kappa shape index (κ3) is 8.85. The van der Waals surface area contributed by atoms with E-state index in [1.54, 1.807) is 0 Å². The molecule has 0 aromatic carbocycles. The molecule has 1 aliphatic rings. The summed E-state index contributed by atoms with van der Waals surface area (Å²) in [7, 11) is 0. The molecule has 0 radical (unpaired) electrons. The smallest absolute Gasteiger partial charge is 0.303 e. The van der Waals surface area contributed by atoms with Gasteiger partial charge in [0.15, 0.2) is 0 Å². The van der Waals surface area contributed by atoms with Crippen molar-refractivity contribution in [3.63, 3.8) is 0 Å². The van der Waals surface area contributed by atoms with Gasteiger partial charge in [0.2, 0.25) is 0 Å². The molecule has 0 aromatic rings. The molecule has 1 aliphatic carbocycles. The Morgan fingerprint density at radius 2 is 1.79 bits per heavy atom. The molecule has 0 aliphatic heterocycles. The molecule has 0 saturated heterocycles. The maximum absolute atomic E-state index is 10.3. The monoisotopic (exact) mass is 266 g/mol. The fourth-order valence-corrected chi connectivity index (χ4v) is 2.77. The van der Waals surface area contributed by atoms with E-state index in [0.717, 1.165) is 24.7 Å². The Hall–Kier alpha value is -0.790. The van der Waals surface area contributed by atoms with Crippen molar-refractivity contribution in [2.75, 3.05) is 0 Å². The lowest BCUT2D eigenvalue weighted by Gasteiger charge is -1.99. The molecule has 0 aromatic heterocycles. The molecule has 2 nitrogen and oxygen atoms in total. The molecular formula is C17H30O2. The first-order valence-corrected chi connectivity index (χ1v) is 8.10. The average molecular weight is 266 g/mol. The van der Waals surface area contributed by atoms with E-state index in [-0.39, 0.29) is 0 Å². The van der Waals surface area contributed by atoms with Crippen LogP contribution in [0.3, 0.4) is 0 Å². The Kier molecular flexibility index (Phi) is 8.61. The highest BCUT2D eigenvalue weighted by Gasteiger charge is 2.34. The second kappa shape index (κ2) is 10.1. The number of rotatable bonds is 12. The maximum Gasteiger partial charge on any atom is 0.303 e. The highest BCUT2D eigenvalue weighted by Crippen LogP contribution is 2.45. The van der Waals surface area contributed by atoms with E-state index in [1.807, 2.05) is 0 Å². The van der Waals surface area contributed by atoms with Crippen LogP contribution in [0.4, 0.5) is 0 Å². The van der Waals surface area contributed by atoms with Crippen molar-refractivity contribution in [2.24, 2.45) is 11.8 Å². The molecule has 2 atom stereocenters. The number of carboxylic acid groups (broad SMARTS) is 1. The van der Waals surface area contributed by atoms with Gasteiger partial charge in [0.25, 0.3) is 0 Å². The normalized spacial score (nSPS) is 21.9. The van der Waals surface area contributed by atoms with Gasteiger partial charge in [-0.25, -0.2) is 0 Å². The van der Waals surface area contributed by atoms with Crippen molar-refractivity contribution in [1.82, 2.24) is 0 Å². The zero-order chi connectivity index (χ0) is 13.9. The van der Waals surface area contributed by atoms with Crippen LogP contribution in [-0.2, 0) is 4.79 Å². The fraction of sp³-hybridized carbons (Fsp3) is 0.824. The average Bonchev–Trinajstić information content (AvgIpc) is 3.12. The van der Waals surface area contributed by atoms with Crippen molar-refractivity contribution in [3.05, 3.63) is 12.2 Å². The van der Waals surface area contributed by atoms with E-state index >= 15 is 0 Å². The maximum atomic E-state index is 10.3. The fourth-order valence-electron chi connectivity index (χ4n) is 2.77. The summed E-state index contributed by atoms with van der Waals surface area (Å²) in [5, 5.41) is 8.51. The summed E-state index contributed by atoms with van der Waals surface area (Å²) >= 11 is 0. The Balaban J connectivity index is 1.86. The molecule has 1 fully saturated rings. The van der Waals surface area contributed by atoms with Gasteiger partial charge in [-0.05, 0) is 43.9 Å². The summed E-state index contributed by atoms with van der Waals surface area (Å²) in [5.74, 6) is 1.33. The van der Waals surface area contributed by atoms with Crippen molar-refractivity contribution in [1.29, 1.82) is 0 Å². The minimum atomic E-state index is -0.683. The number of allylic oxidation sites excluding steroid dienone is 2. The Morgan fingerprint density at radius 3 is 2.53 bits per heavy atom. The second-order valence-electron chi connectivity index (χ2n) is 5.94. The highest BCUT2D eigenvalue weighted by molar-refractivity contribution is 5.66. The summed E-state index contributed by atoms with van der Waals surface area (Å²) in [5.41, 5.74) is 0. The molecule has 110 valence electrons. The molecule has 19 heavy (non-hydrogen) atoms. The van der Waals surface area contributed by atoms with Crippen LogP contribution < -0.4 is 0 Å². The number of hydrogen-bond donors (Lipinski definition) is 1. The molecule has 2 heteroatoms. The largest absolute Gasteiger partial charge is 0.481 e. The first kappa shape index (κ1) is 16.3. The summed E-state index contributed by atoms with van der Waals surface area (Å²) in [6.45, 7) is 2.27. The third-order valence-electron chi connectivity index (χ3n) is 4.13. The molecule has 0 bridgehead atoms. The van der Waals surface area contributed by atoms with Gasteiger partial charge in [0.1, 0.15) is 0 Å². The lowest BCUT2D eigenvalue weighted by atomic mass is 10.1. The Morgan fingerprint density at radius 1 is 1.05 bits per heavy atom. The number of hydrogen-bond acceptors (Lipinski definition) is 1. The minimum Gasteiger partial charge on any atom is -0.481 e. The molecule has 0 spiro atoms. The van der Waals surface area contributed by atoms with Crippen LogP contribution in [-0.4, -0.2) is 11.1 Å². The summed E-state index contributed by atoms with van der Waals surface area (Å²) in [4.78, 5) is 10.3. The van der Waals surface area contributed by atoms with Crippen LogP contribution in [0.1, 0.15) is 77.6 Å². The van der Waals surface area contributed by atoms with Crippen LogP contribution in [0, 0.1) is 11.8 Å². The third-order valence-corrected chi connectivity index (χ3v) is 4.13. The van der Waals surface area contributed by atoms with Gasteiger partial charge >= 0.3 is 5.97 Å². The molecule has 0 heterocycles. The van der Waals surface area contributed by atoms with E-state index < -0.39 is 5.97 Å². The minimum absolute atomic E-state index is 0.298. The van der Waals surface area contributed by atoms with Crippen molar-refractivity contribution in [2.45, 2.75) is 77.6 Å². The van der Waals surface area contributed by atoms with Crippen LogP contribution in [0.2, 0.25) is 0 Å². The van der Waals surface area contributed by atoms with Gasteiger partial charge < -0.3 is 5.11 Å². The van der Waals surface area contributed by atoms with Crippen LogP contribution >= 0.6 is 0 Å². The van der Waals surface area contributed by atoms with Crippen molar-refractivity contribution >= 4 is 5.97 Å². The summed E-state index contributed by atoms with van der Waals surface area (Å²) < 4.78 is 0. The van der Waals surface area contributed by atoms with Gasteiger partial charge in [0.05, 0.1) is 0 Å². The Labute approximate surface area is 118 Å². The molecule has 1 rings (SSSR count). The van der Waals surface area contributed by atoms with E-state index in [2.05, 4.69) is 19.1 Å². The van der Waals surface area contributed by atoms with Gasteiger partial charge in [-0.2, -0.15) is 0 Å². The van der Waals surface area contributed by atoms with E-state index in [4.69, 9.17) is 5.11 Å². The lowest BCUT2D eigenvalue weighted by molar-refractivity contribution is -0.137. The first-order chi connectivity index (χ1) is 9.24. The number of carboxylic acids is 1. The molecular weight excluding hydrogens is 236 g/mol. The van der Waals surface area contributed by atoms with Gasteiger partial charge in [-0.1, -0.05) is 51.2 Å². The Bertz CT molecular complexity index is 270. The molecule has 0 amide bonds. The van der Waals surface area contributed by atoms with E-state index in [9.17, 15) is 4.79 Å². The van der Waals surface area contributed by atoms with Gasteiger partial charge in [-0.3, -0.25) is 4.79 Å². The predicted octanol–water partition coefficient (Wildman–Crippen LogP) is 5.18. The first-order valence-electron chi connectivity index (χ1n) is 8.10. The van der Waals surface area contributed by atoms with Crippen LogP contribution in [0.25, 0.3) is 0 Å². The second-order valence-corrected chi connectivity index (χ2v) is 5.94. The number of aliphatic carboxylic acids is 1. The van der Waals surface area contributed by atoms with Crippen molar-refractivity contribution < 1.29 is 9.90 Å². The zero-order valence-electron chi connectivity index (χ0n) is 12.4. The summed E-state index contributed by atoms with van der Waals surface area (Å²) in [6.07, 6.45) is 17.4. The topological polar surface area (TPSA) is 37.3 Å². The number of unbranched alkanes of at least 4 members (excludes halogenated alkanes) is 4. The molecule has 2 unspecified atom stereocenters. The molecule has 1 saturated carbocycles. The predicted molar refractivity (Wildman–Crippen MR) is 80.2 cm³/mol. The zero-order valence-corrected chi connectivity index (χ0v) is 12.4. The lowest BCUT2D eigenvalue weighted by Crippen LogP contribution is -1.92. The van der Waals surface area contributed by atoms with Gasteiger partial charge in [-0.15, -0.1) is 0 Å². The van der Waals surface area contributed by atoms with Gasteiger partial charge in [0, 0.05) is 6.42 Å². The quantitative estimate of drug-likeness (QED) is 0.390. The standard InChI is InChI=1S/C17H30O2/c1-2-3-4-8-11-15-14-16(15)12-9-6-5-7-10-13-17(18)19/h5-6,15-16H,2-4,7-14H2,1H3,(H,18,19). The van der Waals surface area contributed by atoms with Crippen LogP contribution in [0.15, 0.2) is 12.2 Å².